The van der Waals surface area contributed by atoms with Gasteiger partial charge in [0.05, 0.1) is 12.6 Å². The monoisotopic (exact) mass is 434 g/mol. The number of hydrogen-bond acceptors (Lipinski definition) is 9. The molecule has 0 aromatic heterocycles. The lowest BCUT2D eigenvalue weighted by molar-refractivity contribution is -0.139. The van der Waals surface area contributed by atoms with Crippen LogP contribution >= 0.6 is 0 Å². The molecule has 4 N–H and O–H groups in total. The van der Waals surface area contributed by atoms with Gasteiger partial charge in [0.1, 0.15) is 6.04 Å². The lowest BCUT2D eigenvalue weighted by atomic mass is 10.0. The molecular weight excluding hydrogens is 408 g/mol. The summed E-state index contributed by atoms with van der Waals surface area (Å²) in [6, 6.07) is -1.58. The van der Waals surface area contributed by atoms with Gasteiger partial charge in [-0.2, -0.15) is 13.5 Å². The fourth-order valence-corrected chi connectivity index (χ4v) is 4.80. The molecule has 4 atom stereocenters. The Labute approximate surface area is 168 Å². The van der Waals surface area contributed by atoms with Crippen molar-refractivity contribution >= 4 is 22.3 Å². The lowest BCUT2D eigenvalue weighted by Crippen LogP contribution is -2.50. The molecule has 0 aromatic carbocycles. The number of carbonyl (C=O) groups is 2. The second kappa shape index (κ2) is 8.29. The summed E-state index contributed by atoms with van der Waals surface area (Å²) in [5.41, 5.74) is 5.75. The van der Waals surface area contributed by atoms with Crippen molar-refractivity contribution in [2.75, 3.05) is 32.8 Å². The van der Waals surface area contributed by atoms with Crippen LogP contribution in [0.15, 0.2) is 0 Å². The number of hydrazine groups is 1. The molecule has 2 bridgehead atoms. The van der Waals surface area contributed by atoms with E-state index in [0.717, 1.165) is 32.5 Å². The molecule has 4 fully saturated rings. The number of carbonyl (C=O) groups excluding carboxylic acids is 2. The first kappa shape index (κ1) is 20.7. The van der Waals surface area contributed by atoms with E-state index >= 15 is 0 Å². The number of amides is 3. The lowest BCUT2D eigenvalue weighted by Gasteiger charge is -2.29. The van der Waals surface area contributed by atoms with Gasteiger partial charge in [0.25, 0.3) is 5.91 Å². The fraction of sp³-hybridized carbons (Fsp3) is 0.867. The molecule has 13 nitrogen and oxygen atoms in total. The Morgan fingerprint density at radius 3 is 2.86 bits per heavy atom. The van der Waals surface area contributed by atoms with Gasteiger partial charge in [0, 0.05) is 38.3 Å². The van der Waals surface area contributed by atoms with Crippen LogP contribution in [0.5, 0.6) is 0 Å². The van der Waals surface area contributed by atoms with Crippen molar-refractivity contribution in [1.29, 1.82) is 0 Å². The summed E-state index contributed by atoms with van der Waals surface area (Å²) < 4.78 is 35.0. The van der Waals surface area contributed by atoms with Crippen molar-refractivity contribution in [3.05, 3.63) is 0 Å². The maximum Gasteiger partial charge on any atom is 0.418 e. The molecule has 14 heteroatoms. The van der Waals surface area contributed by atoms with Gasteiger partial charge in [-0.3, -0.25) is 19.6 Å². The topological polar surface area (TPSA) is 153 Å². The third-order valence-electron chi connectivity index (χ3n) is 5.79. The van der Waals surface area contributed by atoms with Gasteiger partial charge < -0.3 is 10.2 Å². The van der Waals surface area contributed by atoms with Crippen LogP contribution in [0.1, 0.15) is 25.7 Å². The highest BCUT2D eigenvalue weighted by Crippen LogP contribution is 2.30. The molecule has 4 aliphatic heterocycles. The summed E-state index contributed by atoms with van der Waals surface area (Å²) in [6.07, 6.45) is 2.74. The zero-order valence-electron chi connectivity index (χ0n) is 15.8. The second-order valence-electron chi connectivity index (χ2n) is 7.74. The number of urea groups is 1. The van der Waals surface area contributed by atoms with Gasteiger partial charge in [-0.15, -0.1) is 4.28 Å². The van der Waals surface area contributed by atoms with Gasteiger partial charge in [0.15, 0.2) is 0 Å². The summed E-state index contributed by atoms with van der Waals surface area (Å²) >= 11 is 0. The van der Waals surface area contributed by atoms with Crippen molar-refractivity contribution in [1.82, 2.24) is 31.2 Å². The zero-order chi connectivity index (χ0) is 20.6. The van der Waals surface area contributed by atoms with Crippen molar-refractivity contribution < 1.29 is 31.7 Å². The SMILES string of the molecule is O=C(NOC[C@@H]1C[C@H](N2CCCN2)CN1)[C@@H]1CC[C@@H]2CN1C(=O)N2OS(=O)(=O)O. The van der Waals surface area contributed by atoms with Crippen LogP contribution in [0.3, 0.4) is 0 Å². The van der Waals surface area contributed by atoms with Crippen LogP contribution in [0.25, 0.3) is 0 Å². The molecule has 0 spiro atoms. The van der Waals surface area contributed by atoms with Crippen molar-refractivity contribution in [2.24, 2.45) is 0 Å². The van der Waals surface area contributed by atoms with E-state index in [1.807, 2.05) is 0 Å². The highest BCUT2D eigenvalue weighted by molar-refractivity contribution is 7.80. The first-order chi connectivity index (χ1) is 13.8. The maximum atomic E-state index is 12.5. The van der Waals surface area contributed by atoms with Crippen LogP contribution in [0.4, 0.5) is 4.79 Å². The van der Waals surface area contributed by atoms with E-state index < -0.39 is 34.4 Å². The smallest absolute Gasteiger partial charge is 0.310 e. The first-order valence-corrected chi connectivity index (χ1v) is 11.1. The van der Waals surface area contributed by atoms with Crippen LogP contribution < -0.4 is 16.2 Å². The van der Waals surface area contributed by atoms with E-state index in [4.69, 9.17) is 9.39 Å². The molecule has 164 valence electrons. The third kappa shape index (κ3) is 4.63. The Morgan fingerprint density at radius 1 is 1.31 bits per heavy atom. The number of hydrogen-bond donors (Lipinski definition) is 4. The van der Waals surface area contributed by atoms with Crippen LogP contribution in [0.2, 0.25) is 0 Å². The van der Waals surface area contributed by atoms with Gasteiger partial charge in [-0.25, -0.2) is 15.3 Å². The minimum absolute atomic E-state index is 0.116. The summed E-state index contributed by atoms with van der Waals surface area (Å²) in [5.74, 6) is -0.471. The molecule has 29 heavy (non-hydrogen) atoms. The Kier molecular flexibility index (Phi) is 5.92. The predicted octanol–water partition coefficient (Wildman–Crippen LogP) is -2.02. The molecule has 0 saturated carbocycles. The van der Waals surface area contributed by atoms with Crippen molar-refractivity contribution in [2.45, 2.75) is 49.9 Å². The number of hydroxylamine groups is 3. The number of piperidine rings is 1. The number of fused-ring (bicyclic) bond motifs is 2. The normalized spacial score (nSPS) is 32.9. The zero-order valence-corrected chi connectivity index (χ0v) is 16.6. The van der Waals surface area contributed by atoms with E-state index in [1.54, 1.807) is 0 Å². The van der Waals surface area contributed by atoms with E-state index in [2.05, 4.69) is 25.5 Å². The molecule has 0 aromatic rings. The maximum absolute atomic E-state index is 12.5. The number of nitrogens with zero attached hydrogens (tertiary/aromatic N) is 3. The minimum atomic E-state index is -4.81. The van der Waals surface area contributed by atoms with E-state index in [-0.39, 0.29) is 12.6 Å². The summed E-state index contributed by atoms with van der Waals surface area (Å²) in [6.45, 7) is 3.32. The van der Waals surface area contributed by atoms with Gasteiger partial charge in [-0.1, -0.05) is 0 Å². The molecule has 4 heterocycles. The molecule has 0 radical (unpaired) electrons. The predicted molar refractivity (Wildman–Crippen MR) is 97.0 cm³/mol. The quantitative estimate of drug-likeness (QED) is 0.261. The summed E-state index contributed by atoms with van der Waals surface area (Å²) in [7, 11) is -4.81. The highest BCUT2D eigenvalue weighted by atomic mass is 32.3. The Hall–Kier alpha value is -1.55. The molecule has 4 saturated heterocycles. The Morgan fingerprint density at radius 2 is 2.14 bits per heavy atom. The van der Waals surface area contributed by atoms with Crippen LogP contribution in [-0.2, 0) is 24.3 Å². The Balaban J connectivity index is 1.23. The van der Waals surface area contributed by atoms with Gasteiger partial charge in [-0.05, 0) is 25.7 Å². The van der Waals surface area contributed by atoms with E-state index in [9.17, 15) is 18.0 Å². The van der Waals surface area contributed by atoms with Crippen LogP contribution in [-0.4, -0.2) is 96.8 Å². The minimum Gasteiger partial charge on any atom is -0.310 e. The highest BCUT2D eigenvalue weighted by Gasteiger charge is 2.49. The average molecular weight is 434 g/mol. The van der Waals surface area contributed by atoms with Crippen molar-refractivity contribution in [3.8, 4) is 0 Å². The molecular formula is C15H26N6O7S. The number of nitrogens with one attached hydrogen (secondary N) is 3. The van der Waals surface area contributed by atoms with Crippen molar-refractivity contribution in [3.63, 3.8) is 0 Å². The molecule has 4 aliphatic rings. The summed E-state index contributed by atoms with van der Waals surface area (Å²) in [5, 5.41) is 6.22. The molecule has 0 unspecified atom stereocenters. The Bertz CT molecular complexity index is 745. The van der Waals surface area contributed by atoms with E-state index in [1.165, 1.54) is 4.90 Å². The second-order valence-corrected chi connectivity index (χ2v) is 8.74. The molecule has 3 amide bonds. The molecule has 0 aliphatic carbocycles. The fourth-order valence-electron chi connectivity index (χ4n) is 4.41. The number of rotatable bonds is 7. The third-order valence-corrected chi connectivity index (χ3v) is 6.14. The van der Waals surface area contributed by atoms with Crippen LogP contribution in [0, 0.1) is 0 Å². The van der Waals surface area contributed by atoms with Gasteiger partial charge in [0.2, 0.25) is 0 Å². The summed E-state index contributed by atoms with van der Waals surface area (Å²) in [4.78, 5) is 31.4. The average Bonchev–Trinajstić information content (AvgIpc) is 3.39. The van der Waals surface area contributed by atoms with E-state index in [0.29, 0.717) is 30.6 Å². The standard InChI is InChI=1S/C15H26N6O7S/c22-14(18-27-9-10-6-12(7-16-10)20-5-1-4-17-20)13-3-2-11-8-19(13)15(23)21(11)28-29(24,25)26/h10-13,16-17H,1-9H2,(H,18,22)(H,24,25,26)/t10-,11+,12-,13-/m0/s1. The first-order valence-electron chi connectivity index (χ1n) is 9.74. The molecule has 4 rings (SSSR count). The van der Waals surface area contributed by atoms with Gasteiger partial charge >= 0.3 is 16.4 Å². The largest absolute Gasteiger partial charge is 0.418 e.